The maximum Gasteiger partial charge on any atom is 0.261 e. The molecule has 25 heavy (non-hydrogen) atoms. The third-order valence-electron chi connectivity index (χ3n) is 4.23. The Bertz CT molecular complexity index is 751. The van der Waals surface area contributed by atoms with Crippen LogP contribution >= 0.6 is 11.3 Å². The van der Waals surface area contributed by atoms with Crippen LogP contribution in [0.15, 0.2) is 36.4 Å². The van der Waals surface area contributed by atoms with Gasteiger partial charge in [0.25, 0.3) is 5.91 Å². The Morgan fingerprint density at radius 3 is 2.44 bits per heavy atom. The first-order valence-electron chi connectivity index (χ1n) is 8.39. The standard InChI is InChI=1S/C19H22N2O3S/c1-14(22)17-6-7-18(25-17)19(23)20-12-15-4-2-3-5-16(15)13-21-8-10-24-11-9-21/h2-7H,8-13H2,1H3,(H,20,23). The van der Waals surface area contributed by atoms with Crippen LogP contribution in [-0.4, -0.2) is 42.9 Å². The molecule has 1 aliphatic heterocycles. The van der Waals surface area contributed by atoms with Crippen molar-refractivity contribution in [3.8, 4) is 0 Å². The molecule has 1 saturated heterocycles. The summed E-state index contributed by atoms with van der Waals surface area (Å²) >= 11 is 1.23. The van der Waals surface area contributed by atoms with Gasteiger partial charge in [-0.2, -0.15) is 0 Å². The Kier molecular flexibility index (Phi) is 5.96. The van der Waals surface area contributed by atoms with Gasteiger partial charge in [-0.3, -0.25) is 14.5 Å². The quantitative estimate of drug-likeness (QED) is 0.807. The summed E-state index contributed by atoms with van der Waals surface area (Å²) in [5, 5.41) is 2.96. The zero-order chi connectivity index (χ0) is 17.6. The zero-order valence-electron chi connectivity index (χ0n) is 14.3. The fraction of sp³-hybridized carbons (Fsp3) is 0.368. The maximum absolute atomic E-state index is 12.3. The number of amides is 1. The monoisotopic (exact) mass is 358 g/mol. The number of nitrogens with one attached hydrogen (secondary N) is 1. The van der Waals surface area contributed by atoms with Crippen molar-refractivity contribution in [1.29, 1.82) is 0 Å². The molecule has 1 aromatic carbocycles. The molecule has 0 radical (unpaired) electrons. The van der Waals surface area contributed by atoms with Crippen LogP contribution in [0.2, 0.25) is 0 Å². The number of morpholine rings is 1. The van der Waals surface area contributed by atoms with Crippen molar-refractivity contribution in [2.45, 2.75) is 20.0 Å². The van der Waals surface area contributed by atoms with E-state index in [1.807, 2.05) is 18.2 Å². The van der Waals surface area contributed by atoms with E-state index in [1.54, 1.807) is 12.1 Å². The molecule has 0 bridgehead atoms. The highest BCUT2D eigenvalue weighted by molar-refractivity contribution is 7.15. The van der Waals surface area contributed by atoms with Crippen molar-refractivity contribution >= 4 is 23.0 Å². The van der Waals surface area contributed by atoms with Gasteiger partial charge in [-0.25, -0.2) is 0 Å². The highest BCUT2D eigenvalue weighted by Gasteiger charge is 2.14. The van der Waals surface area contributed by atoms with Crippen molar-refractivity contribution in [3.63, 3.8) is 0 Å². The summed E-state index contributed by atoms with van der Waals surface area (Å²) in [7, 11) is 0. The number of nitrogens with zero attached hydrogens (tertiary/aromatic N) is 1. The second-order valence-electron chi connectivity index (χ2n) is 6.06. The highest BCUT2D eigenvalue weighted by Crippen LogP contribution is 2.18. The summed E-state index contributed by atoms with van der Waals surface area (Å²) in [6.07, 6.45) is 0. The van der Waals surface area contributed by atoms with E-state index in [0.29, 0.717) is 16.3 Å². The molecule has 6 heteroatoms. The van der Waals surface area contributed by atoms with Gasteiger partial charge in [-0.15, -0.1) is 11.3 Å². The van der Waals surface area contributed by atoms with Gasteiger partial charge < -0.3 is 10.1 Å². The molecule has 0 unspecified atom stereocenters. The molecule has 2 aromatic rings. The highest BCUT2D eigenvalue weighted by atomic mass is 32.1. The molecule has 2 heterocycles. The van der Waals surface area contributed by atoms with Gasteiger partial charge in [0.1, 0.15) is 0 Å². The van der Waals surface area contributed by atoms with Crippen LogP contribution in [0, 0.1) is 0 Å². The lowest BCUT2D eigenvalue weighted by Gasteiger charge is -2.27. The third kappa shape index (κ3) is 4.75. The molecule has 1 amide bonds. The Morgan fingerprint density at radius 1 is 1.08 bits per heavy atom. The van der Waals surface area contributed by atoms with Gasteiger partial charge >= 0.3 is 0 Å². The summed E-state index contributed by atoms with van der Waals surface area (Å²) in [6.45, 7) is 6.27. The lowest BCUT2D eigenvalue weighted by molar-refractivity contribution is 0.0340. The van der Waals surface area contributed by atoms with E-state index in [1.165, 1.54) is 23.8 Å². The van der Waals surface area contributed by atoms with Gasteiger partial charge in [0, 0.05) is 26.2 Å². The first kappa shape index (κ1) is 17.8. The SMILES string of the molecule is CC(=O)c1ccc(C(=O)NCc2ccccc2CN2CCOCC2)s1. The van der Waals surface area contributed by atoms with Crippen LogP contribution in [0.1, 0.15) is 37.4 Å². The van der Waals surface area contributed by atoms with Crippen molar-refractivity contribution < 1.29 is 14.3 Å². The van der Waals surface area contributed by atoms with Crippen molar-refractivity contribution in [2.24, 2.45) is 0 Å². The van der Waals surface area contributed by atoms with E-state index in [0.717, 1.165) is 38.4 Å². The molecule has 0 atom stereocenters. The molecule has 132 valence electrons. The van der Waals surface area contributed by atoms with Crippen LogP contribution in [-0.2, 0) is 17.8 Å². The number of hydrogen-bond acceptors (Lipinski definition) is 5. The molecule has 1 N–H and O–H groups in total. The third-order valence-corrected chi connectivity index (χ3v) is 5.42. The molecule has 0 saturated carbocycles. The second-order valence-corrected chi connectivity index (χ2v) is 7.14. The number of hydrogen-bond donors (Lipinski definition) is 1. The number of carbonyl (C=O) groups is 2. The topological polar surface area (TPSA) is 58.6 Å². The van der Waals surface area contributed by atoms with Crippen LogP contribution in [0.25, 0.3) is 0 Å². The average Bonchev–Trinajstić information content (AvgIpc) is 3.12. The number of thiophene rings is 1. The average molecular weight is 358 g/mol. The fourth-order valence-corrected chi connectivity index (χ4v) is 3.61. The van der Waals surface area contributed by atoms with Crippen LogP contribution < -0.4 is 5.32 Å². The van der Waals surface area contributed by atoms with E-state index >= 15 is 0 Å². The van der Waals surface area contributed by atoms with Crippen LogP contribution in [0.4, 0.5) is 0 Å². The minimum Gasteiger partial charge on any atom is -0.379 e. The molecule has 1 aliphatic rings. The molecule has 0 aliphatic carbocycles. The Hall–Kier alpha value is -2.02. The maximum atomic E-state index is 12.3. The van der Waals surface area contributed by atoms with E-state index in [-0.39, 0.29) is 11.7 Å². The fourth-order valence-electron chi connectivity index (χ4n) is 2.80. The van der Waals surface area contributed by atoms with E-state index in [4.69, 9.17) is 4.74 Å². The van der Waals surface area contributed by atoms with Crippen molar-refractivity contribution in [1.82, 2.24) is 10.2 Å². The summed E-state index contributed by atoms with van der Waals surface area (Å²) in [5.41, 5.74) is 2.34. The first-order chi connectivity index (χ1) is 12.1. The van der Waals surface area contributed by atoms with Gasteiger partial charge in [-0.05, 0) is 30.2 Å². The van der Waals surface area contributed by atoms with Crippen LogP contribution in [0.3, 0.4) is 0 Å². The van der Waals surface area contributed by atoms with Crippen molar-refractivity contribution in [3.05, 3.63) is 57.3 Å². The minimum absolute atomic E-state index is 0.0140. The van der Waals surface area contributed by atoms with Crippen LogP contribution in [0.5, 0.6) is 0 Å². The lowest BCUT2D eigenvalue weighted by atomic mass is 10.1. The molecule has 0 spiro atoms. The predicted molar refractivity (Wildman–Crippen MR) is 98.0 cm³/mol. The Labute approximate surface area is 151 Å². The van der Waals surface area contributed by atoms with E-state index < -0.39 is 0 Å². The number of rotatable bonds is 6. The van der Waals surface area contributed by atoms with Gasteiger partial charge in [0.05, 0.1) is 23.0 Å². The molecule has 5 nitrogen and oxygen atoms in total. The van der Waals surface area contributed by atoms with Gasteiger partial charge in [0.15, 0.2) is 5.78 Å². The molecular formula is C19H22N2O3S. The number of Topliss-reactive ketones (excluding diaryl/α,β-unsaturated/α-hetero) is 1. The summed E-state index contributed by atoms with van der Waals surface area (Å²) in [5.74, 6) is -0.154. The summed E-state index contributed by atoms with van der Waals surface area (Å²) in [6, 6.07) is 11.6. The number of ether oxygens (including phenoxy) is 1. The summed E-state index contributed by atoms with van der Waals surface area (Å²) in [4.78, 5) is 27.2. The number of benzene rings is 1. The Balaban J connectivity index is 1.62. The molecule has 1 aromatic heterocycles. The second kappa shape index (κ2) is 8.38. The zero-order valence-corrected chi connectivity index (χ0v) is 15.1. The molecule has 3 rings (SSSR count). The molecular weight excluding hydrogens is 336 g/mol. The number of ketones is 1. The normalized spacial score (nSPS) is 15.1. The molecule has 1 fully saturated rings. The van der Waals surface area contributed by atoms with E-state index in [9.17, 15) is 9.59 Å². The first-order valence-corrected chi connectivity index (χ1v) is 9.21. The minimum atomic E-state index is -0.140. The number of carbonyl (C=O) groups excluding carboxylic acids is 2. The van der Waals surface area contributed by atoms with E-state index in [2.05, 4.69) is 16.3 Å². The Morgan fingerprint density at radius 2 is 1.76 bits per heavy atom. The van der Waals surface area contributed by atoms with Gasteiger partial charge in [-0.1, -0.05) is 24.3 Å². The van der Waals surface area contributed by atoms with Crippen molar-refractivity contribution in [2.75, 3.05) is 26.3 Å². The predicted octanol–water partition coefficient (Wildman–Crippen LogP) is 2.71. The van der Waals surface area contributed by atoms with Gasteiger partial charge in [0.2, 0.25) is 0 Å². The smallest absolute Gasteiger partial charge is 0.261 e. The summed E-state index contributed by atoms with van der Waals surface area (Å²) < 4.78 is 5.39. The largest absolute Gasteiger partial charge is 0.379 e. The lowest BCUT2D eigenvalue weighted by Crippen LogP contribution is -2.36.